The van der Waals surface area contributed by atoms with Crippen molar-refractivity contribution in [3.05, 3.63) is 69.5 Å². The van der Waals surface area contributed by atoms with Gasteiger partial charge < -0.3 is 10.3 Å². The molecule has 3 aromatic heterocycles. The van der Waals surface area contributed by atoms with Crippen LogP contribution >= 0.6 is 23.6 Å². The Morgan fingerprint density at radius 2 is 2.03 bits per heavy atom. The summed E-state index contributed by atoms with van der Waals surface area (Å²) in [6.45, 7) is 2.06. The zero-order chi connectivity index (χ0) is 20.4. The molecule has 4 rings (SSSR count). The minimum absolute atomic E-state index is 0.104. The van der Waals surface area contributed by atoms with Gasteiger partial charge in [0.25, 0.3) is 5.56 Å². The molecule has 0 saturated heterocycles. The highest BCUT2D eigenvalue weighted by atomic mass is 32.1. The summed E-state index contributed by atoms with van der Waals surface area (Å²) in [4.78, 5) is 37.7. The number of pyridine rings is 1. The van der Waals surface area contributed by atoms with Crippen LogP contribution in [-0.4, -0.2) is 25.4 Å². The second-order valence-electron chi connectivity index (χ2n) is 6.38. The molecule has 3 heterocycles. The molecule has 146 valence electrons. The summed E-state index contributed by atoms with van der Waals surface area (Å²) in [6.07, 6.45) is 1.82. The molecule has 29 heavy (non-hydrogen) atoms. The summed E-state index contributed by atoms with van der Waals surface area (Å²) in [5.74, 6) is -0.235. The largest absolute Gasteiger partial charge is 0.332 e. The van der Waals surface area contributed by atoms with Crippen LogP contribution < -0.4 is 10.9 Å². The number of nitrogens with one attached hydrogen (secondary N) is 2. The summed E-state index contributed by atoms with van der Waals surface area (Å²) in [5, 5.41) is 3.84. The molecule has 7 nitrogen and oxygen atoms in total. The third-order valence-corrected chi connectivity index (χ3v) is 5.81. The van der Waals surface area contributed by atoms with Gasteiger partial charge in [-0.15, -0.1) is 0 Å². The first-order chi connectivity index (χ1) is 14.0. The number of hydrogen-bond donors (Lipinski definition) is 2. The van der Waals surface area contributed by atoms with Crippen LogP contribution in [0, 0.1) is 11.7 Å². The zero-order valence-corrected chi connectivity index (χ0v) is 17.1. The summed E-state index contributed by atoms with van der Waals surface area (Å²) >= 11 is 6.65. The van der Waals surface area contributed by atoms with Crippen LogP contribution in [0.25, 0.3) is 21.5 Å². The highest BCUT2D eigenvalue weighted by Gasteiger charge is 2.13. The van der Waals surface area contributed by atoms with Gasteiger partial charge in [0.15, 0.2) is 9.90 Å². The van der Waals surface area contributed by atoms with Gasteiger partial charge in [0.05, 0.1) is 27.2 Å². The molecule has 0 aliphatic carbocycles. The fraction of sp³-hybridized carbons (Fsp3) is 0.150. The molecule has 0 bridgehead atoms. The molecular weight excluding hydrogens is 406 g/mol. The number of carbonyl (C=O) groups excluding carboxylic acids is 1. The molecule has 4 aromatic rings. The summed E-state index contributed by atoms with van der Waals surface area (Å²) in [6, 6.07) is 12.8. The van der Waals surface area contributed by atoms with Crippen molar-refractivity contribution in [3.63, 3.8) is 0 Å². The first-order valence-electron chi connectivity index (χ1n) is 8.93. The molecule has 0 unspecified atom stereocenters. The number of para-hydroxylation sites is 1. The minimum Gasteiger partial charge on any atom is -0.332 e. The van der Waals surface area contributed by atoms with Crippen molar-refractivity contribution < 1.29 is 4.79 Å². The quantitative estimate of drug-likeness (QED) is 0.475. The first-order valence-corrected chi connectivity index (χ1v) is 10.2. The van der Waals surface area contributed by atoms with Crippen LogP contribution in [0.15, 0.2) is 53.5 Å². The van der Waals surface area contributed by atoms with Crippen molar-refractivity contribution in [1.29, 1.82) is 0 Å². The van der Waals surface area contributed by atoms with E-state index in [4.69, 9.17) is 12.2 Å². The highest BCUT2D eigenvalue weighted by Crippen LogP contribution is 2.31. The van der Waals surface area contributed by atoms with Crippen molar-refractivity contribution in [2.45, 2.75) is 19.9 Å². The van der Waals surface area contributed by atoms with Gasteiger partial charge in [-0.2, -0.15) is 0 Å². The number of amides is 1. The average molecular weight is 424 g/mol. The first kappa shape index (κ1) is 19.2. The highest BCUT2D eigenvalue weighted by molar-refractivity contribution is 7.71. The molecule has 0 atom stereocenters. The predicted molar refractivity (Wildman–Crippen MR) is 117 cm³/mol. The van der Waals surface area contributed by atoms with E-state index in [1.165, 1.54) is 15.9 Å². The smallest absolute Gasteiger partial charge is 0.262 e. The second kappa shape index (κ2) is 8.06. The van der Waals surface area contributed by atoms with Gasteiger partial charge in [-0.1, -0.05) is 29.5 Å². The van der Waals surface area contributed by atoms with Gasteiger partial charge in [-0.25, -0.2) is 4.98 Å². The molecule has 0 aliphatic rings. The SMILES string of the molecule is Cc1nc(NC(=O)CCn2c(=S)[nH]c3ccccc3c2=O)sc1-c1ccccn1. The maximum absolute atomic E-state index is 12.7. The van der Waals surface area contributed by atoms with Crippen LogP contribution in [0.5, 0.6) is 0 Å². The van der Waals surface area contributed by atoms with Gasteiger partial charge in [0, 0.05) is 19.2 Å². The Morgan fingerprint density at radius 1 is 1.24 bits per heavy atom. The maximum atomic E-state index is 12.7. The fourth-order valence-corrected chi connectivity index (χ4v) is 4.23. The third kappa shape index (κ3) is 4.01. The number of thiazole rings is 1. The van der Waals surface area contributed by atoms with Gasteiger partial charge in [0.1, 0.15) is 0 Å². The van der Waals surface area contributed by atoms with E-state index in [-0.39, 0.29) is 24.4 Å². The van der Waals surface area contributed by atoms with Gasteiger partial charge >= 0.3 is 0 Å². The zero-order valence-electron chi connectivity index (χ0n) is 15.5. The van der Waals surface area contributed by atoms with Gasteiger partial charge in [0.2, 0.25) is 5.91 Å². The lowest BCUT2D eigenvalue weighted by molar-refractivity contribution is -0.116. The number of carbonyl (C=O) groups is 1. The predicted octanol–water partition coefficient (Wildman–Crippen LogP) is 3.91. The summed E-state index contributed by atoms with van der Waals surface area (Å²) < 4.78 is 1.70. The number of fused-ring (bicyclic) bond motifs is 1. The Balaban J connectivity index is 1.48. The van der Waals surface area contributed by atoms with Crippen molar-refractivity contribution in [1.82, 2.24) is 19.5 Å². The van der Waals surface area contributed by atoms with Crippen LogP contribution in [0.1, 0.15) is 12.1 Å². The van der Waals surface area contributed by atoms with Crippen molar-refractivity contribution in [2.24, 2.45) is 0 Å². The minimum atomic E-state index is -0.235. The maximum Gasteiger partial charge on any atom is 0.262 e. The van der Waals surface area contributed by atoms with E-state index in [2.05, 4.69) is 20.3 Å². The van der Waals surface area contributed by atoms with E-state index in [1.54, 1.807) is 24.4 Å². The Kier molecular flexibility index (Phi) is 5.32. The normalized spacial score (nSPS) is 10.9. The van der Waals surface area contributed by atoms with Gasteiger partial charge in [-0.3, -0.25) is 19.1 Å². The molecule has 0 fully saturated rings. The van der Waals surface area contributed by atoms with Crippen molar-refractivity contribution in [3.8, 4) is 10.6 Å². The number of aromatic amines is 1. The lowest BCUT2D eigenvalue weighted by Gasteiger charge is -2.07. The number of nitrogens with zero attached hydrogens (tertiary/aromatic N) is 3. The number of H-pyrrole nitrogens is 1. The second-order valence-corrected chi connectivity index (χ2v) is 7.77. The Hall–Kier alpha value is -3.17. The molecule has 1 amide bonds. The van der Waals surface area contributed by atoms with Crippen LogP contribution in [0.2, 0.25) is 0 Å². The molecule has 0 spiro atoms. The van der Waals surface area contributed by atoms with Crippen LogP contribution in [0.4, 0.5) is 5.13 Å². The number of anilines is 1. The number of benzene rings is 1. The number of aryl methyl sites for hydroxylation is 1. The molecule has 1 aromatic carbocycles. The molecule has 2 N–H and O–H groups in total. The lowest BCUT2D eigenvalue weighted by atomic mass is 10.2. The fourth-order valence-electron chi connectivity index (χ4n) is 2.98. The molecule has 0 radical (unpaired) electrons. The standard InChI is InChI=1S/C20H17N5O2S2/c1-12-17(15-8-4-5-10-21-15)29-19(22-12)24-16(26)9-11-25-18(27)13-6-2-3-7-14(13)23-20(25)28/h2-8,10H,9,11H2,1H3,(H,23,28)(H,22,24,26). The van der Waals surface area contributed by atoms with E-state index >= 15 is 0 Å². The van der Waals surface area contributed by atoms with E-state index < -0.39 is 0 Å². The topological polar surface area (TPSA) is 92.7 Å². The molecule has 0 saturated carbocycles. The molecule has 0 aliphatic heterocycles. The third-order valence-electron chi connectivity index (χ3n) is 4.39. The lowest BCUT2D eigenvalue weighted by Crippen LogP contribution is -2.25. The van der Waals surface area contributed by atoms with E-state index in [0.29, 0.717) is 20.8 Å². The number of hydrogen-bond acceptors (Lipinski definition) is 6. The number of aromatic nitrogens is 4. The van der Waals surface area contributed by atoms with E-state index in [9.17, 15) is 9.59 Å². The Morgan fingerprint density at radius 3 is 2.83 bits per heavy atom. The molecular formula is C20H17N5O2S2. The monoisotopic (exact) mass is 423 g/mol. The molecule has 9 heteroatoms. The van der Waals surface area contributed by atoms with Crippen LogP contribution in [-0.2, 0) is 11.3 Å². The Labute approximate surface area is 175 Å². The van der Waals surface area contributed by atoms with Crippen LogP contribution in [0.3, 0.4) is 0 Å². The summed E-state index contributed by atoms with van der Waals surface area (Å²) in [7, 11) is 0. The van der Waals surface area contributed by atoms with Crippen molar-refractivity contribution in [2.75, 3.05) is 5.32 Å². The Bertz CT molecular complexity index is 1310. The summed E-state index contributed by atoms with van der Waals surface area (Å²) in [5.41, 5.74) is 2.09. The van der Waals surface area contributed by atoms with Gasteiger partial charge in [-0.05, 0) is 43.4 Å². The average Bonchev–Trinajstić information content (AvgIpc) is 3.08. The number of rotatable bonds is 5. The van der Waals surface area contributed by atoms with E-state index in [0.717, 1.165) is 16.3 Å². The van der Waals surface area contributed by atoms with E-state index in [1.807, 2.05) is 31.2 Å². The van der Waals surface area contributed by atoms with Crippen molar-refractivity contribution >= 4 is 45.5 Å².